The lowest BCUT2D eigenvalue weighted by atomic mass is 9.89. The van der Waals surface area contributed by atoms with Gasteiger partial charge in [-0.25, -0.2) is 9.89 Å². The molecule has 0 unspecified atom stereocenters. The molecule has 2 heterocycles. The highest BCUT2D eigenvalue weighted by atomic mass is 16.1. The third-order valence-corrected chi connectivity index (χ3v) is 3.86. The number of pyridine rings is 1. The van der Waals surface area contributed by atoms with Crippen LogP contribution in [0.15, 0.2) is 29.3 Å². The van der Waals surface area contributed by atoms with Crippen LogP contribution in [0.25, 0.3) is 11.4 Å². The topological polar surface area (TPSA) is 63.6 Å². The number of hydrogen-bond donors (Lipinski definition) is 1. The summed E-state index contributed by atoms with van der Waals surface area (Å²) in [6.45, 7) is 0.771. The fraction of sp³-hybridized carbons (Fsp3) is 0.500. The monoisotopic (exact) mass is 258 g/mol. The lowest BCUT2D eigenvalue weighted by Gasteiger charge is -2.21. The molecule has 1 aliphatic rings. The number of nitrogens with one attached hydrogen (secondary N) is 1. The van der Waals surface area contributed by atoms with Gasteiger partial charge in [0.25, 0.3) is 0 Å². The van der Waals surface area contributed by atoms with Crippen LogP contribution in [-0.4, -0.2) is 19.7 Å². The van der Waals surface area contributed by atoms with E-state index >= 15 is 0 Å². The second-order valence-corrected chi connectivity index (χ2v) is 5.20. The molecule has 0 amide bonds. The number of hydrogen-bond acceptors (Lipinski definition) is 3. The van der Waals surface area contributed by atoms with Crippen LogP contribution in [-0.2, 0) is 6.54 Å². The first-order chi connectivity index (χ1) is 9.34. The minimum absolute atomic E-state index is 0.114. The lowest BCUT2D eigenvalue weighted by Crippen LogP contribution is -2.23. The molecule has 0 radical (unpaired) electrons. The van der Waals surface area contributed by atoms with Crippen molar-refractivity contribution in [1.82, 2.24) is 19.7 Å². The van der Waals surface area contributed by atoms with Crippen LogP contribution in [0.1, 0.15) is 32.1 Å². The SMILES string of the molecule is O=c1[nH]nc(-c2ccncc2)n1CC1CCCCC1. The zero-order valence-electron chi connectivity index (χ0n) is 10.9. The van der Waals surface area contributed by atoms with Gasteiger partial charge in [-0.1, -0.05) is 19.3 Å². The van der Waals surface area contributed by atoms with E-state index in [0.29, 0.717) is 5.92 Å². The molecule has 0 atom stereocenters. The van der Waals surface area contributed by atoms with Gasteiger partial charge in [-0.3, -0.25) is 9.55 Å². The zero-order valence-corrected chi connectivity index (χ0v) is 10.9. The Bertz CT molecular complexity index is 581. The second kappa shape index (κ2) is 5.38. The number of aromatic nitrogens is 4. The van der Waals surface area contributed by atoms with Crippen LogP contribution < -0.4 is 5.69 Å². The van der Waals surface area contributed by atoms with Gasteiger partial charge in [-0.2, -0.15) is 5.10 Å². The minimum atomic E-state index is -0.114. The van der Waals surface area contributed by atoms with Gasteiger partial charge in [0.05, 0.1) is 0 Å². The largest absolute Gasteiger partial charge is 0.343 e. The summed E-state index contributed by atoms with van der Waals surface area (Å²) in [5.74, 6) is 1.32. The Morgan fingerprint density at radius 1 is 1.21 bits per heavy atom. The van der Waals surface area contributed by atoms with Gasteiger partial charge >= 0.3 is 5.69 Å². The quantitative estimate of drug-likeness (QED) is 0.918. The van der Waals surface area contributed by atoms with Crippen molar-refractivity contribution in [3.05, 3.63) is 35.0 Å². The molecule has 0 spiro atoms. The van der Waals surface area contributed by atoms with E-state index < -0.39 is 0 Å². The number of rotatable bonds is 3. The summed E-state index contributed by atoms with van der Waals surface area (Å²) in [6.07, 6.45) is 9.76. The van der Waals surface area contributed by atoms with Crippen LogP contribution in [0.5, 0.6) is 0 Å². The Labute approximate surface area is 111 Å². The predicted octanol–water partition coefficient (Wildman–Crippen LogP) is 2.21. The Hall–Kier alpha value is -1.91. The van der Waals surface area contributed by atoms with Gasteiger partial charge in [-0.15, -0.1) is 0 Å². The molecule has 5 nitrogen and oxygen atoms in total. The second-order valence-electron chi connectivity index (χ2n) is 5.20. The molecule has 5 heteroatoms. The molecule has 19 heavy (non-hydrogen) atoms. The normalized spacial score (nSPS) is 16.6. The first-order valence-corrected chi connectivity index (χ1v) is 6.90. The van der Waals surface area contributed by atoms with Gasteiger partial charge in [0.2, 0.25) is 0 Å². The van der Waals surface area contributed by atoms with Gasteiger partial charge in [-0.05, 0) is 30.9 Å². The van der Waals surface area contributed by atoms with E-state index in [1.54, 1.807) is 17.0 Å². The summed E-state index contributed by atoms with van der Waals surface area (Å²) in [5, 5.41) is 6.71. The van der Waals surface area contributed by atoms with Crippen molar-refractivity contribution in [1.29, 1.82) is 0 Å². The van der Waals surface area contributed by atoms with Crippen molar-refractivity contribution in [2.24, 2.45) is 5.92 Å². The summed E-state index contributed by atoms with van der Waals surface area (Å²) in [5.41, 5.74) is 0.821. The Morgan fingerprint density at radius 2 is 1.95 bits per heavy atom. The number of aromatic amines is 1. The Balaban J connectivity index is 1.88. The van der Waals surface area contributed by atoms with Crippen molar-refractivity contribution in [3.63, 3.8) is 0 Å². The first-order valence-electron chi connectivity index (χ1n) is 6.90. The van der Waals surface area contributed by atoms with Crippen LogP contribution in [0.3, 0.4) is 0 Å². The zero-order chi connectivity index (χ0) is 13.1. The molecular weight excluding hydrogens is 240 g/mol. The molecule has 0 aliphatic heterocycles. The smallest absolute Gasteiger partial charge is 0.275 e. The summed E-state index contributed by atoms with van der Waals surface area (Å²) >= 11 is 0. The molecule has 0 bridgehead atoms. The molecule has 0 aromatic carbocycles. The van der Waals surface area contributed by atoms with E-state index in [9.17, 15) is 4.79 Å². The van der Waals surface area contributed by atoms with Crippen molar-refractivity contribution >= 4 is 0 Å². The van der Waals surface area contributed by atoms with Gasteiger partial charge in [0.1, 0.15) is 0 Å². The van der Waals surface area contributed by atoms with Gasteiger partial charge in [0, 0.05) is 24.5 Å². The van der Waals surface area contributed by atoms with E-state index in [4.69, 9.17) is 0 Å². The molecular formula is C14H18N4O. The average Bonchev–Trinajstić information content (AvgIpc) is 2.82. The summed E-state index contributed by atoms with van der Waals surface area (Å²) < 4.78 is 1.77. The highest BCUT2D eigenvalue weighted by molar-refractivity contribution is 5.53. The molecule has 2 aromatic rings. The number of H-pyrrole nitrogens is 1. The Kier molecular flexibility index (Phi) is 3.44. The highest BCUT2D eigenvalue weighted by Gasteiger charge is 2.18. The van der Waals surface area contributed by atoms with E-state index in [0.717, 1.165) is 17.9 Å². The van der Waals surface area contributed by atoms with Crippen LogP contribution in [0, 0.1) is 5.92 Å². The summed E-state index contributed by atoms with van der Waals surface area (Å²) in [4.78, 5) is 15.9. The molecule has 100 valence electrons. The van der Waals surface area contributed by atoms with Crippen molar-refractivity contribution in [3.8, 4) is 11.4 Å². The van der Waals surface area contributed by atoms with Crippen molar-refractivity contribution in [2.45, 2.75) is 38.6 Å². The summed E-state index contributed by atoms with van der Waals surface area (Å²) in [7, 11) is 0. The predicted molar refractivity (Wildman–Crippen MR) is 72.7 cm³/mol. The molecule has 0 saturated heterocycles. The average molecular weight is 258 g/mol. The maximum absolute atomic E-state index is 11.9. The van der Waals surface area contributed by atoms with E-state index in [1.807, 2.05) is 12.1 Å². The third-order valence-electron chi connectivity index (χ3n) is 3.86. The van der Waals surface area contributed by atoms with Crippen LogP contribution in [0.2, 0.25) is 0 Å². The molecule has 3 rings (SSSR count). The van der Waals surface area contributed by atoms with Crippen molar-refractivity contribution < 1.29 is 0 Å². The lowest BCUT2D eigenvalue weighted by molar-refractivity contribution is 0.317. The van der Waals surface area contributed by atoms with E-state index in [1.165, 1.54) is 32.1 Å². The first kappa shape index (κ1) is 12.1. The van der Waals surface area contributed by atoms with Crippen molar-refractivity contribution in [2.75, 3.05) is 0 Å². The maximum atomic E-state index is 11.9. The van der Waals surface area contributed by atoms with Crippen LogP contribution in [0.4, 0.5) is 0 Å². The van der Waals surface area contributed by atoms with Gasteiger partial charge < -0.3 is 0 Å². The Morgan fingerprint density at radius 3 is 2.68 bits per heavy atom. The molecule has 2 aromatic heterocycles. The van der Waals surface area contributed by atoms with E-state index in [2.05, 4.69) is 15.2 Å². The molecule has 1 fully saturated rings. The standard InChI is InChI=1S/C14H18N4O/c19-14-17-16-13(12-6-8-15-9-7-12)18(14)10-11-4-2-1-3-5-11/h6-9,11H,1-5,10H2,(H,17,19). The maximum Gasteiger partial charge on any atom is 0.343 e. The fourth-order valence-electron chi connectivity index (χ4n) is 2.84. The molecule has 1 saturated carbocycles. The van der Waals surface area contributed by atoms with E-state index in [-0.39, 0.29) is 5.69 Å². The minimum Gasteiger partial charge on any atom is -0.275 e. The summed E-state index contributed by atoms with van der Waals surface area (Å²) in [6, 6.07) is 3.76. The third kappa shape index (κ3) is 2.59. The molecule has 1 aliphatic carbocycles. The molecule has 1 N–H and O–H groups in total. The number of nitrogens with zero attached hydrogens (tertiary/aromatic N) is 3. The fourth-order valence-corrected chi connectivity index (χ4v) is 2.84. The highest BCUT2D eigenvalue weighted by Crippen LogP contribution is 2.26. The van der Waals surface area contributed by atoms with Crippen LogP contribution >= 0.6 is 0 Å². The van der Waals surface area contributed by atoms with Gasteiger partial charge in [0.15, 0.2) is 5.82 Å².